The molecular weight excluding hydrogens is 328 g/mol. The number of para-hydroxylation sites is 1. The number of hydrogen-bond acceptors (Lipinski definition) is 3. The van der Waals surface area contributed by atoms with Gasteiger partial charge in [0.1, 0.15) is 12.4 Å². The second-order valence-corrected chi connectivity index (χ2v) is 6.39. The maximum Gasteiger partial charge on any atom is 0.251 e. The Morgan fingerprint density at radius 1 is 0.962 bits per heavy atom. The Morgan fingerprint density at radius 3 is 2.35 bits per heavy atom. The first-order valence-corrected chi connectivity index (χ1v) is 9.05. The monoisotopic (exact) mass is 352 g/mol. The highest BCUT2D eigenvalue weighted by molar-refractivity contribution is 5.94. The molecule has 0 saturated carbocycles. The van der Waals surface area contributed by atoms with E-state index >= 15 is 0 Å². The van der Waals surface area contributed by atoms with Gasteiger partial charge < -0.3 is 15.0 Å². The Morgan fingerprint density at radius 2 is 1.65 bits per heavy atom. The van der Waals surface area contributed by atoms with Crippen LogP contribution in [-0.4, -0.2) is 36.3 Å². The Hall–Kier alpha value is -2.82. The lowest BCUT2D eigenvalue weighted by atomic mass is 10.1. The van der Waals surface area contributed by atoms with Crippen LogP contribution in [0.25, 0.3) is 0 Å². The summed E-state index contributed by atoms with van der Waals surface area (Å²) in [6.45, 7) is 2.52. The van der Waals surface area contributed by atoms with Crippen LogP contribution < -0.4 is 10.1 Å². The number of ether oxygens (including phenoxy) is 1. The predicted octanol–water partition coefficient (Wildman–Crippen LogP) is 3.01. The summed E-state index contributed by atoms with van der Waals surface area (Å²) in [6, 6.07) is 16.9. The average molecular weight is 352 g/mol. The third-order valence-electron chi connectivity index (χ3n) is 4.45. The van der Waals surface area contributed by atoms with Gasteiger partial charge in [0.15, 0.2) is 0 Å². The number of hydrogen-bond donors (Lipinski definition) is 1. The minimum atomic E-state index is -0.158. The average Bonchev–Trinajstić information content (AvgIpc) is 3.22. The quantitative estimate of drug-likeness (QED) is 0.833. The van der Waals surface area contributed by atoms with E-state index in [2.05, 4.69) is 5.32 Å². The maximum absolute atomic E-state index is 12.2. The molecule has 0 atom stereocenters. The van der Waals surface area contributed by atoms with E-state index in [9.17, 15) is 9.59 Å². The van der Waals surface area contributed by atoms with E-state index in [1.807, 2.05) is 47.4 Å². The van der Waals surface area contributed by atoms with Crippen molar-refractivity contribution >= 4 is 11.8 Å². The van der Waals surface area contributed by atoms with Crippen molar-refractivity contribution < 1.29 is 14.3 Å². The molecule has 2 aromatic carbocycles. The molecule has 2 aromatic rings. The molecule has 0 spiro atoms. The number of rotatable bonds is 7. The topological polar surface area (TPSA) is 58.6 Å². The van der Waals surface area contributed by atoms with Crippen LogP contribution in [0.5, 0.6) is 5.75 Å². The van der Waals surface area contributed by atoms with E-state index < -0.39 is 0 Å². The molecule has 0 bridgehead atoms. The van der Waals surface area contributed by atoms with Crippen molar-refractivity contribution in [3.05, 3.63) is 65.7 Å². The molecule has 0 aromatic heterocycles. The van der Waals surface area contributed by atoms with Crippen LogP contribution >= 0.6 is 0 Å². The van der Waals surface area contributed by atoms with E-state index in [0.717, 1.165) is 37.2 Å². The summed E-state index contributed by atoms with van der Waals surface area (Å²) >= 11 is 0. The van der Waals surface area contributed by atoms with E-state index in [1.54, 1.807) is 12.1 Å². The number of amides is 2. The number of carbonyl (C=O) groups is 2. The predicted molar refractivity (Wildman–Crippen MR) is 100.0 cm³/mol. The Bertz CT molecular complexity index is 723. The number of carbonyl (C=O) groups excluding carboxylic acids is 2. The van der Waals surface area contributed by atoms with Crippen molar-refractivity contribution in [3.8, 4) is 5.75 Å². The Balaban J connectivity index is 1.42. The number of nitrogens with zero attached hydrogens (tertiary/aromatic N) is 1. The van der Waals surface area contributed by atoms with Crippen molar-refractivity contribution in [1.82, 2.24) is 10.2 Å². The maximum atomic E-state index is 12.2. The highest BCUT2D eigenvalue weighted by Crippen LogP contribution is 2.12. The van der Waals surface area contributed by atoms with E-state index in [-0.39, 0.29) is 11.8 Å². The molecular formula is C21H24N2O3. The highest BCUT2D eigenvalue weighted by atomic mass is 16.5. The molecule has 1 saturated heterocycles. The van der Waals surface area contributed by atoms with Gasteiger partial charge in [-0.25, -0.2) is 0 Å². The van der Waals surface area contributed by atoms with Gasteiger partial charge in [0.05, 0.1) is 0 Å². The van der Waals surface area contributed by atoms with E-state index in [0.29, 0.717) is 25.1 Å². The first-order valence-electron chi connectivity index (χ1n) is 9.05. The van der Waals surface area contributed by atoms with Crippen LogP contribution in [0.2, 0.25) is 0 Å². The second-order valence-electron chi connectivity index (χ2n) is 6.39. The first-order chi connectivity index (χ1) is 12.7. The number of likely N-dealkylation sites (tertiary alicyclic amines) is 1. The van der Waals surface area contributed by atoms with Gasteiger partial charge in [0.2, 0.25) is 5.91 Å². The van der Waals surface area contributed by atoms with Gasteiger partial charge in [-0.3, -0.25) is 9.59 Å². The van der Waals surface area contributed by atoms with Gasteiger partial charge in [-0.05, 0) is 42.7 Å². The number of benzene rings is 2. The Labute approximate surface area is 154 Å². The summed E-state index contributed by atoms with van der Waals surface area (Å²) in [5, 5.41) is 2.81. The minimum absolute atomic E-state index is 0.121. The molecule has 5 heteroatoms. The SMILES string of the molecule is O=C(NCCC(=O)N1CCCC1)c1ccc(COc2ccccc2)cc1. The summed E-state index contributed by atoms with van der Waals surface area (Å²) in [5.74, 6) is 0.781. The molecule has 1 aliphatic heterocycles. The normalized spacial score (nSPS) is 13.5. The van der Waals surface area contributed by atoms with Crippen molar-refractivity contribution in [2.45, 2.75) is 25.9 Å². The lowest BCUT2D eigenvalue weighted by Gasteiger charge is -2.15. The molecule has 1 heterocycles. The van der Waals surface area contributed by atoms with Crippen molar-refractivity contribution in [3.63, 3.8) is 0 Å². The fraction of sp³-hybridized carbons (Fsp3) is 0.333. The van der Waals surface area contributed by atoms with Gasteiger partial charge in [-0.15, -0.1) is 0 Å². The second kappa shape index (κ2) is 9.04. The minimum Gasteiger partial charge on any atom is -0.489 e. The van der Waals surface area contributed by atoms with Crippen LogP contribution in [0.15, 0.2) is 54.6 Å². The summed E-state index contributed by atoms with van der Waals surface area (Å²) in [4.78, 5) is 26.0. The molecule has 26 heavy (non-hydrogen) atoms. The molecule has 1 N–H and O–H groups in total. The molecule has 3 rings (SSSR count). The lowest BCUT2D eigenvalue weighted by molar-refractivity contribution is -0.129. The zero-order valence-electron chi connectivity index (χ0n) is 14.8. The summed E-state index contributed by atoms with van der Waals surface area (Å²) < 4.78 is 5.69. The fourth-order valence-corrected chi connectivity index (χ4v) is 2.95. The zero-order valence-corrected chi connectivity index (χ0v) is 14.8. The molecule has 2 amide bonds. The molecule has 1 aliphatic rings. The van der Waals surface area contributed by atoms with Crippen LogP contribution in [0.4, 0.5) is 0 Å². The molecule has 0 unspecified atom stereocenters. The molecule has 5 nitrogen and oxygen atoms in total. The van der Waals surface area contributed by atoms with Gasteiger partial charge in [-0.2, -0.15) is 0 Å². The number of nitrogens with one attached hydrogen (secondary N) is 1. The summed E-state index contributed by atoms with van der Waals surface area (Å²) in [5.41, 5.74) is 1.58. The van der Waals surface area contributed by atoms with Gasteiger partial charge in [0.25, 0.3) is 5.91 Å². The van der Waals surface area contributed by atoms with Crippen LogP contribution in [0, 0.1) is 0 Å². The van der Waals surface area contributed by atoms with Gasteiger partial charge in [0, 0.05) is 31.6 Å². The summed E-state index contributed by atoms with van der Waals surface area (Å²) in [7, 11) is 0. The fourth-order valence-electron chi connectivity index (χ4n) is 2.95. The van der Waals surface area contributed by atoms with Gasteiger partial charge in [-0.1, -0.05) is 30.3 Å². The van der Waals surface area contributed by atoms with Crippen LogP contribution in [0.3, 0.4) is 0 Å². The van der Waals surface area contributed by atoms with Crippen LogP contribution in [0.1, 0.15) is 35.2 Å². The van der Waals surface area contributed by atoms with Crippen molar-refractivity contribution in [1.29, 1.82) is 0 Å². The highest BCUT2D eigenvalue weighted by Gasteiger charge is 2.17. The standard InChI is InChI=1S/C21H24N2O3/c24-20(23-14-4-5-15-23)12-13-22-21(25)18-10-8-17(9-11-18)16-26-19-6-2-1-3-7-19/h1-3,6-11H,4-5,12-16H2,(H,22,25). The third-order valence-corrected chi connectivity index (χ3v) is 4.45. The Kier molecular flexibility index (Phi) is 6.25. The first kappa shape index (κ1) is 18.0. The van der Waals surface area contributed by atoms with E-state index in [4.69, 9.17) is 4.74 Å². The molecule has 1 fully saturated rings. The third kappa shape index (κ3) is 5.09. The van der Waals surface area contributed by atoms with Crippen molar-refractivity contribution in [2.75, 3.05) is 19.6 Å². The summed E-state index contributed by atoms with van der Waals surface area (Å²) in [6.07, 6.45) is 2.52. The van der Waals surface area contributed by atoms with E-state index in [1.165, 1.54) is 0 Å². The largest absolute Gasteiger partial charge is 0.489 e. The molecule has 0 aliphatic carbocycles. The smallest absolute Gasteiger partial charge is 0.251 e. The lowest BCUT2D eigenvalue weighted by Crippen LogP contribution is -2.32. The van der Waals surface area contributed by atoms with Crippen LogP contribution in [-0.2, 0) is 11.4 Å². The molecule has 0 radical (unpaired) electrons. The molecule has 136 valence electrons. The van der Waals surface area contributed by atoms with Gasteiger partial charge >= 0.3 is 0 Å². The zero-order chi connectivity index (χ0) is 18.2. The van der Waals surface area contributed by atoms with Crippen molar-refractivity contribution in [2.24, 2.45) is 0 Å².